The van der Waals surface area contributed by atoms with Gasteiger partial charge in [0.25, 0.3) is 5.91 Å². The predicted octanol–water partition coefficient (Wildman–Crippen LogP) is 0.485. The number of hydrogen-bond acceptors (Lipinski definition) is 4. The summed E-state index contributed by atoms with van der Waals surface area (Å²) in [6.07, 6.45) is 1.87. The fourth-order valence-electron chi connectivity index (χ4n) is 2.41. The van der Waals surface area contributed by atoms with Gasteiger partial charge in [0, 0.05) is 25.0 Å². The van der Waals surface area contributed by atoms with Crippen LogP contribution >= 0.6 is 11.8 Å². The first-order valence-electron chi connectivity index (χ1n) is 7.00. The lowest BCUT2D eigenvalue weighted by molar-refractivity contribution is -0.132. The number of nitrogens with one attached hydrogen (secondary N) is 2. The number of nitrogens with zero attached hydrogens (tertiary/aromatic N) is 1. The van der Waals surface area contributed by atoms with Gasteiger partial charge in [0.2, 0.25) is 11.8 Å². The van der Waals surface area contributed by atoms with Crippen molar-refractivity contribution in [1.82, 2.24) is 15.5 Å². The zero-order valence-corrected chi connectivity index (χ0v) is 13.4. The maximum atomic E-state index is 12.8. The van der Waals surface area contributed by atoms with Crippen molar-refractivity contribution in [3.8, 4) is 0 Å². The van der Waals surface area contributed by atoms with E-state index >= 15 is 0 Å². The molecule has 0 saturated carbocycles. The first-order valence-corrected chi connectivity index (χ1v) is 8.23. The van der Waals surface area contributed by atoms with E-state index < -0.39 is 6.04 Å². The molecule has 1 aromatic rings. The van der Waals surface area contributed by atoms with Gasteiger partial charge in [0.15, 0.2) is 0 Å². The summed E-state index contributed by atoms with van der Waals surface area (Å²) in [5.74, 6) is -0.767. The third-order valence-corrected chi connectivity index (χ3v) is 4.38. The standard InChI is InChI=1S/C15H19N3O3S/c1-16-13(19)9-11-14(20)17-7-8-18(11)15(21)10-5-3-4-6-12(10)22-2/h3-6,11H,7-9H2,1-2H3,(H,16,19)(H,17,20). The van der Waals surface area contributed by atoms with Gasteiger partial charge in [-0.3, -0.25) is 14.4 Å². The molecule has 22 heavy (non-hydrogen) atoms. The van der Waals surface area contributed by atoms with Crippen molar-refractivity contribution in [2.75, 3.05) is 26.4 Å². The van der Waals surface area contributed by atoms with Gasteiger partial charge in [0.1, 0.15) is 6.04 Å². The Bertz CT molecular complexity index is 591. The van der Waals surface area contributed by atoms with Crippen molar-refractivity contribution in [3.63, 3.8) is 0 Å². The Morgan fingerprint density at radius 1 is 1.41 bits per heavy atom. The average molecular weight is 321 g/mol. The number of thioether (sulfide) groups is 1. The van der Waals surface area contributed by atoms with E-state index in [-0.39, 0.29) is 24.1 Å². The number of carbonyl (C=O) groups is 3. The summed E-state index contributed by atoms with van der Waals surface area (Å²) in [4.78, 5) is 38.8. The highest BCUT2D eigenvalue weighted by atomic mass is 32.2. The van der Waals surface area contributed by atoms with E-state index in [2.05, 4.69) is 10.6 Å². The molecule has 1 saturated heterocycles. The highest BCUT2D eigenvalue weighted by Crippen LogP contribution is 2.23. The molecule has 0 spiro atoms. The molecule has 3 amide bonds. The molecule has 7 heteroatoms. The lowest BCUT2D eigenvalue weighted by Crippen LogP contribution is -2.58. The average Bonchev–Trinajstić information content (AvgIpc) is 2.55. The van der Waals surface area contributed by atoms with Gasteiger partial charge >= 0.3 is 0 Å². The van der Waals surface area contributed by atoms with Crippen LogP contribution in [0.2, 0.25) is 0 Å². The number of amides is 3. The van der Waals surface area contributed by atoms with Crippen molar-refractivity contribution in [3.05, 3.63) is 29.8 Å². The van der Waals surface area contributed by atoms with E-state index in [9.17, 15) is 14.4 Å². The van der Waals surface area contributed by atoms with Crippen molar-refractivity contribution in [1.29, 1.82) is 0 Å². The Kier molecular flexibility index (Phi) is 5.43. The first kappa shape index (κ1) is 16.4. The monoisotopic (exact) mass is 321 g/mol. The molecule has 1 aromatic carbocycles. The summed E-state index contributed by atoms with van der Waals surface area (Å²) in [5.41, 5.74) is 0.562. The number of carbonyl (C=O) groups excluding carboxylic acids is 3. The lowest BCUT2D eigenvalue weighted by atomic mass is 10.1. The van der Waals surface area contributed by atoms with Crippen LogP contribution in [0, 0.1) is 0 Å². The summed E-state index contributed by atoms with van der Waals surface area (Å²) in [6, 6.07) is 6.52. The zero-order chi connectivity index (χ0) is 16.1. The molecule has 1 heterocycles. The normalized spacial score (nSPS) is 17.8. The minimum absolute atomic E-state index is 0.0322. The molecular weight excluding hydrogens is 302 g/mol. The Morgan fingerprint density at radius 2 is 2.14 bits per heavy atom. The van der Waals surface area contributed by atoms with Crippen LogP contribution in [-0.4, -0.2) is 55.1 Å². The fraction of sp³-hybridized carbons (Fsp3) is 0.400. The largest absolute Gasteiger partial charge is 0.359 e. The van der Waals surface area contributed by atoms with E-state index in [0.29, 0.717) is 18.7 Å². The summed E-state index contributed by atoms with van der Waals surface area (Å²) in [6.45, 7) is 0.797. The van der Waals surface area contributed by atoms with Gasteiger partial charge in [-0.2, -0.15) is 0 Å². The molecule has 1 aliphatic rings. The molecule has 6 nitrogen and oxygen atoms in total. The van der Waals surface area contributed by atoms with E-state index in [0.717, 1.165) is 4.90 Å². The minimum atomic E-state index is -0.767. The Morgan fingerprint density at radius 3 is 2.82 bits per heavy atom. The molecular formula is C15H19N3O3S. The van der Waals surface area contributed by atoms with Crippen LogP contribution in [0.1, 0.15) is 16.8 Å². The maximum Gasteiger partial charge on any atom is 0.255 e. The Labute approximate surface area is 133 Å². The molecule has 1 aliphatic heterocycles. The number of benzene rings is 1. The molecule has 0 radical (unpaired) electrons. The summed E-state index contributed by atoms with van der Waals surface area (Å²) in [7, 11) is 1.51. The highest BCUT2D eigenvalue weighted by molar-refractivity contribution is 7.98. The van der Waals surface area contributed by atoms with Crippen molar-refractivity contribution < 1.29 is 14.4 Å². The second-order valence-electron chi connectivity index (χ2n) is 4.88. The zero-order valence-electron chi connectivity index (χ0n) is 12.6. The van der Waals surface area contributed by atoms with Gasteiger partial charge in [-0.25, -0.2) is 0 Å². The molecule has 2 rings (SSSR count). The molecule has 2 N–H and O–H groups in total. The first-order chi connectivity index (χ1) is 10.6. The maximum absolute atomic E-state index is 12.8. The van der Waals surface area contributed by atoms with E-state index in [1.54, 1.807) is 12.1 Å². The van der Waals surface area contributed by atoms with Crippen LogP contribution in [-0.2, 0) is 9.59 Å². The van der Waals surface area contributed by atoms with E-state index in [4.69, 9.17) is 0 Å². The molecule has 0 bridgehead atoms. The van der Waals surface area contributed by atoms with Gasteiger partial charge in [-0.15, -0.1) is 11.8 Å². The van der Waals surface area contributed by atoms with Crippen molar-refractivity contribution in [2.45, 2.75) is 17.4 Å². The van der Waals surface area contributed by atoms with Crippen LogP contribution in [0.25, 0.3) is 0 Å². The second-order valence-corrected chi connectivity index (χ2v) is 5.73. The molecule has 118 valence electrons. The Hall–Kier alpha value is -2.02. The summed E-state index contributed by atoms with van der Waals surface area (Å²) < 4.78 is 0. The summed E-state index contributed by atoms with van der Waals surface area (Å²) in [5, 5.41) is 5.20. The Balaban J connectivity index is 2.28. The van der Waals surface area contributed by atoms with E-state index in [1.807, 2.05) is 18.4 Å². The quantitative estimate of drug-likeness (QED) is 0.791. The smallest absolute Gasteiger partial charge is 0.255 e. The van der Waals surface area contributed by atoms with E-state index in [1.165, 1.54) is 23.7 Å². The lowest BCUT2D eigenvalue weighted by Gasteiger charge is -2.35. The minimum Gasteiger partial charge on any atom is -0.359 e. The van der Waals surface area contributed by atoms with Gasteiger partial charge < -0.3 is 15.5 Å². The summed E-state index contributed by atoms with van der Waals surface area (Å²) >= 11 is 1.48. The molecule has 0 aliphatic carbocycles. The van der Waals surface area contributed by atoms with Crippen molar-refractivity contribution >= 4 is 29.5 Å². The molecule has 1 unspecified atom stereocenters. The molecule has 0 aromatic heterocycles. The second kappa shape index (κ2) is 7.31. The number of rotatable bonds is 4. The molecule has 1 fully saturated rings. The van der Waals surface area contributed by atoms with Gasteiger partial charge in [0.05, 0.1) is 12.0 Å². The van der Waals surface area contributed by atoms with Crippen LogP contribution in [0.4, 0.5) is 0 Å². The third-order valence-electron chi connectivity index (χ3n) is 3.59. The van der Waals surface area contributed by atoms with Crippen LogP contribution in [0.5, 0.6) is 0 Å². The number of hydrogen-bond donors (Lipinski definition) is 2. The predicted molar refractivity (Wildman–Crippen MR) is 84.7 cm³/mol. The number of piperazine rings is 1. The van der Waals surface area contributed by atoms with Gasteiger partial charge in [-0.05, 0) is 18.4 Å². The third kappa shape index (κ3) is 3.41. The van der Waals surface area contributed by atoms with Crippen molar-refractivity contribution in [2.24, 2.45) is 0 Å². The van der Waals surface area contributed by atoms with Crippen LogP contribution < -0.4 is 10.6 Å². The van der Waals surface area contributed by atoms with Crippen LogP contribution in [0.3, 0.4) is 0 Å². The van der Waals surface area contributed by atoms with Gasteiger partial charge in [-0.1, -0.05) is 12.1 Å². The highest BCUT2D eigenvalue weighted by Gasteiger charge is 2.35. The van der Waals surface area contributed by atoms with Crippen LogP contribution in [0.15, 0.2) is 29.2 Å². The molecule has 1 atom stereocenters. The fourth-order valence-corrected chi connectivity index (χ4v) is 3.00. The SMILES string of the molecule is CNC(=O)CC1C(=O)NCCN1C(=O)c1ccccc1SC. The topological polar surface area (TPSA) is 78.5 Å².